The zero-order chi connectivity index (χ0) is 19.2. The van der Waals surface area contributed by atoms with Crippen LogP contribution in [0.4, 0.5) is 15.8 Å². The van der Waals surface area contributed by atoms with Crippen LogP contribution >= 0.6 is 0 Å². The van der Waals surface area contributed by atoms with Gasteiger partial charge in [-0.3, -0.25) is 9.69 Å². The Balaban J connectivity index is 1.52. The van der Waals surface area contributed by atoms with Crippen molar-refractivity contribution in [2.75, 3.05) is 42.9 Å². The molecule has 5 heteroatoms. The number of piperazine rings is 1. The highest BCUT2D eigenvalue weighted by atomic mass is 19.1. The van der Waals surface area contributed by atoms with E-state index in [2.05, 4.69) is 35.0 Å². The van der Waals surface area contributed by atoms with Crippen LogP contribution in [0.15, 0.2) is 48.5 Å². The van der Waals surface area contributed by atoms with E-state index in [4.69, 9.17) is 0 Å². The smallest absolute Gasteiger partial charge is 0.238 e. The van der Waals surface area contributed by atoms with Gasteiger partial charge >= 0.3 is 0 Å². The fourth-order valence-electron chi connectivity index (χ4n) is 3.47. The average molecular weight is 369 g/mol. The van der Waals surface area contributed by atoms with E-state index in [9.17, 15) is 9.18 Å². The summed E-state index contributed by atoms with van der Waals surface area (Å²) in [4.78, 5) is 16.9. The van der Waals surface area contributed by atoms with E-state index in [0.717, 1.165) is 44.0 Å². The summed E-state index contributed by atoms with van der Waals surface area (Å²) in [5.74, 6) is 0.230. The van der Waals surface area contributed by atoms with Gasteiger partial charge in [0.25, 0.3) is 0 Å². The van der Waals surface area contributed by atoms with Gasteiger partial charge in [0.1, 0.15) is 5.82 Å². The molecule has 2 aromatic carbocycles. The second-order valence-corrected chi connectivity index (χ2v) is 7.18. The van der Waals surface area contributed by atoms with Gasteiger partial charge in [-0.25, -0.2) is 4.39 Å². The second-order valence-electron chi connectivity index (χ2n) is 7.18. The van der Waals surface area contributed by atoms with Gasteiger partial charge in [-0.1, -0.05) is 32.0 Å². The quantitative estimate of drug-likeness (QED) is 0.833. The number of rotatable bonds is 6. The molecule has 1 atom stereocenters. The van der Waals surface area contributed by atoms with Gasteiger partial charge in [-0.2, -0.15) is 0 Å². The third-order valence-electron chi connectivity index (χ3n) is 5.31. The van der Waals surface area contributed by atoms with E-state index in [1.165, 1.54) is 17.7 Å². The molecule has 1 fully saturated rings. The lowest BCUT2D eigenvalue weighted by atomic mass is 9.97. The van der Waals surface area contributed by atoms with Crippen molar-refractivity contribution in [3.05, 3.63) is 59.9 Å². The molecule has 1 N–H and O–H groups in total. The van der Waals surface area contributed by atoms with E-state index in [1.807, 2.05) is 30.3 Å². The van der Waals surface area contributed by atoms with Gasteiger partial charge in [0.05, 0.1) is 6.54 Å². The predicted molar refractivity (Wildman–Crippen MR) is 109 cm³/mol. The number of carbonyl (C=O) groups excluding carboxylic acids is 1. The van der Waals surface area contributed by atoms with Crippen LogP contribution in [0.25, 0.3) is 0 Å². The third kappa shape index (κ3) is 5.07. The second kappa shape index (κ2) is 9.00. The van der Waals surface area contributed by atoms with Gasteiger partial charge in [0, 0.05) is 37.6 Å². The number of nitrogens with zero attached hydrogens (tertiary/aromatic N) is 2. The van der Waals surface area contributed by atoms with E-state index in [-0.39, 0.29) is 11.7 Å². The van der Waals surface area contributed by atoms with Crippen molar-refractivity contribution in [3.8, 4) is 0 Å². The number of amides is 1. The SMILES string of the molecule is CC[C@@H](C)c1ccccc1NC(=O)CN1CCN(c2ccc(F)cc2)CC1. The van der Waals surface area contributed by atoms with Gasteiger partial charge in [0.2, 0.25) is 5.91 Å². The van der Waals surface area contributed by atoms with E-state index in [0.29, 0.717) is 12.5 Å². The number of carbonyl (C=O) groups is 1. The molecule has 0 unspecified atom stereocenters. The van der Waals surface area contributed by atoms with E-state index < -0.39 is 0 Å². The molecule has 0 bridgehead atoms. The first kappa shape index (κ1) is 19.4. The molecule has 4 nitrogen and oxygen atoms in total. The number of hydrogen-bond acceptors (Lipinski definition) is 3. The molecule has 0 saturated carbocycles. The molecule has 27 heavy (non-hydrogen) atoms. The number of anilines is 2. The summed E-state index contributed by atoms with van der Waals surface area (Å²) >= 11 is 0. The predicted octanol–water partition coefficient (Wildman–Crippen LogP) is 4.10. The summed E-state index contributed by atoms with van der Waals surface area (Å²) in [6, 6.07) is 14.6. The molecule has 1 aliphatic rings. The normalized spacial score (nSPS) is 16.2. The van der Waals surface area contributed by atoms with Gasteiger partial charge < -0.3 is 10.2 Å². The maximum atomic E-state index is 13.1. The van der Waals surface area contributed by atoms with Crippen LogP contribution in [0.5, 0.6) is 0 Å². The number of para-hydroxylation sites is 1. The molecule has 0 radical (unpaired) electrons. The van der Waals surface area contributed by atoms with Crippen molar-refractivity contribution in [1.82, 2.24) is 4.90 Å². The summed E-state index contributed by atoms with van der Waals surface area (Å²) in [5.41, 5.74) is 3.14. The average Bonchev–Trinajstić information content (AvgIpc) is 2.69. The molecule has 1 heterocycles. The first-order chi connectivity index (χ1) is 13.1. The van der Waals surface area contributed by atoms with Crippen molar-refractivity contribution >= 4 is 17.3 Å². The molecule has 1 saturated heterocycles. The van der Waals surface area contributed by atoms with Crippen LogP contribution in [0.1, 0.15) is 31.7 Å². The maximum absolute atomic E-state index is 13.1. The summed E-state index contributed by atoms with van der Waals surface area (Å²) in [6.45, 7) is 8.04. The molecule has 3 rings (SSSR count). The number of nitrogens with one attached hydrogen (secondary N) is 1. The Morgan fingerprint density at radius 2 is 1.74 bits per heavy atom. The Bertz CT molecular complexity index is 754. The highest BCUT2D eigenvalue weighted by Crippen LogP contribution is 2.26. The molecule has 2 aromatic rings. The van der Waals surface area contributed by atoms with Gasteiger partial charge in [0.15, 0.2) is 0 Å². The first-order valence-electron chi connectivity index (χ1n) is 9.68. The highest BCUT2D eigenvalue weighted by Gasteiger charge is 2.20. The fourth-order valence-corrected chi connectivity index (χ4v) is 3.47. The van der Waals surface area contributed by atoms with Crippen LogP contribution in [0.2, 0.25) is 0 Å². The summed E-state index contributed by atoms with van der Waals surface area (Å²) in [5, 5.41) is 3.09. The minimum absolute atomic E-state index is 0.0287. The minimum Gasteiger partial charge on any atom is -0.369 e. The van der Waals surface area contributed by atoms with Crippen molar-refractivity contribution in [3.63, 3.8) is 0 Å². The van der Waals surface area contributed by atoms with Crippen molar-refractivity contribution in [2.45, 2.75) is 26.2 Å². The lowest BCUT2D eigenvalue weighted by molar-refractivity contribution is -0.117. The molecule has 0 aromatic heterocycles. The zero-order valence-corrected chi connectivity index (χ0v) is 16.1. The highest BCUT2D eigenvalue weighted by molar-refractivity contribution is 5.93. The Morgan fingerprint density at radius 3 is 2.41 bits per heavy atom. The van der Waals surface area contributed by atoms with Crippen molar-refractivity contribution in [1.29, 1.82) is 0 Å². The third-order valence-corrected chi connectivity index (χ3v) is 5.31. The molecule has 144 valence electrons. The van der Waals surface area contributed by atoms with Crippen LogP contribution in [0, 0.1) is 5.82 Å². The molecular formula is C22H28FN3O. The van der Waals surface area contributed by atoms with Crippen LogP contribution in [-0.4, -0.2) is 43.5 Å². The standard InChI is InChI=1S/C22H28FN3O/c1-3-17(2)20-6-4-5-7-21(20)24-22(27)16-25-12-14-26(15-13-25)19-10-8-18(23)9-11-19/h4-11,17H,3,12-16H2,1-2H3,(H,24,27)/t17-/m1/s1. The molecule has 1 amide bonds. The molecule has 1 aliphatic heterocycles. The lowest BCUT2D eigenvalue weighted by Gasteiger charge is -2.35. The van der Waals surface area contributed by atoms with Gasteiger partial charge in [-0.15, -0.1) is 0 Å². The first-order valence-corrected chi connectivity index (χ1v) is 9.68. The molecule has 0 aliphatic carbocycles. The van der Waals surface area contributed by atoms with Crippen LogP contribution in [-0.2, 0) is 4.79 Å². The largest absolute Gasteiger partial charge is 0.369 e. The zero-order valence-electron chi connectivity index (χ0n) is 16.1. The number of hydrogen-bond donors (Lipinski definition) is 1. The maximum Gasteiger partial charge on any atom is 0.238 e. The summed E-state index contributed by atoms with van der Waals surface area (Å²) in [7, 11) is 0. The monoisotopic (exact) mass is 369 g/mol. The summed E-state index contributed by atoms with van der Waals surface area (Å²) in [6.07, 6.45) is 1.04. The van der Waals surface area contributed by atoms with Crippen LogP contribution < -0.4 is 10.2 Å². The molecule has 0 spiro atoms. The topological polar surface area (TPSA) is 35.6 Å². The number of benzene rings is 2. The molecular weight excluding hydrogens is 341 g/mol. The number of halogens is 1. The van der Waals surface area contributed by atoms with Gasteiger partial charge in [-0.05, 0) is 48.2 Å². The van der Waals surface area contributed by atoms with Crippen LogP contribution in [0.3, 0.4) is 0 Å². The van der Waals surface area contributed by atoms with E-state index in [1.54, 1.807) is 0 Å². The lowest BCUT2D eigenvalue weighted by Crippen LogP contribution is -2.48. The Kier molecular flexibility index (Phi) is 6.45. The van der Waals surface area contributed by atoms with Crippen molar-refractivity contribution in [2.24, 2.45) is 0 Å². The Hall–Kier alpha value is -2.40. The Morgan fingerprint density at radius 1 is 1.07 bits per heavy atom. The summed E-state index contributed by atoms with van der Waals surface area (Å²) < 4.78 is 13.1. The minimum atomic E-state index is -0.216. The Labute approximate surface area is 161 Å². The van der Waals surface area contributed by atoms with E-state index >= 15 is 0 Å². The fraction of sp³-hybridized carbons (Fsp3) is 0.409. The van der Waals surface area contributed by atoms with Crippen molar-refractivity contribution < 1.29 is 9.18 Å².